The van der Waals surface area contributed by atoms with Crippen LogP contribution in [-0.2, 0) is 0 Å². The number of carbonyl (C=O) groups is 1. The molecule has 0 saturated carbocycles. The van der Waals surface area contributed by atoms with Crippen molar-refractivity contribution in [3.05, 3.63) is 11.9 Å². The van der Waals surface area contributed by atoms with Gasteiger partial charge in [-0.3, -0.25) is 0 Å². The molecule has 0 amide bonds. The second-order valence-electron chi connectivity index (χ2n) is 4.31. The van der Waals surface area contributed by atoms with E-state index in [1.165, 1.54) is 0 Å². The zero-order valence-electron chi connectivity index (χ0n) is 10.2. The maximum Gasteiger partial charge on any atom is 0.422 e. The van der Waals surface area contributed by atoms with Crippen molar-refractivity contribution in [2.75, 3.05) is 24.6 Å². The molecule has 0 bridgehead atoms. The predicted octanol–water partition coefficient (Wildman–Crippen LogP) is 1.57. The van der Waals surface area contributed by atoms with Crippen molar-refractivity contribution in [2.24, 2.45) is 0 Å². The zero-order chi connectivity index (χ0) is 15.8. The first kappa shape index (κ1) is 15.2. The van der Waals surface area contributed by atoms with Crippen molar-refractivity contribution in [3.8, 4) is 5.88 Å². The molecule has 2 heterocycles. The van der Waals surface area contributed by atoms with E-state index in [0.29, 0.717) is 0 Å². The summed E-state index contributed by atoms with van der Waals surface area (Å²) >= 11 is 0. The summed E-state index contributed by atoms with van der Waals surface area (Å²) < 4.78 is 66.3. The summed E-state index contributed by atoms with van der Waals surface area (Å²) in [6.45, 7) is -3.24. The van der Waals surface area contributed by atoms with Gasteiger partial charge in [0, 0.05) is 0 Å². The van der Waals surface area contributed by atoms with Gasteiger partial charge in [-0.25, -0.2) is 23.5 Å². The third-order valence-corrected chi connectivity index (χ3v) is 2.46. The molecular weight excluding hydrogens is 305 g/mol. The Labute approximate surface area is 114 Å². The van der Waals surface area contributed by atoms with E-state index < -0.39 is 49.3 Å². The van der Waals surface area contributed by atoms with Gasteiger partial charge in [-0.2, -0.15) is 13.2 Å². The number of aromatic nitrogens is 2. The minimum absolute atomic E-state index is 0.352. The van der Waals surface area contributed by atoms with Crippen molar-refractivity contribution in [2.45, 2.75) is 12.1 Å². The molecule has 116 valence electrons. The van der Waals surface area contributed by atoms with Crippen molar-refractivity contribution in [1.82, 2.24) is 9.97 Å². The average molecular weight is 313 g/mol. The largest absolute Gasteiger partial charge is 0.476 e. The summed E-state index contributed by atoms with van der Waals surface area (Å²) in [4.78, 5) is 18.6. The van der Waals surface area contributed by atoms with Gasteiger partial charge in [0.05, 0.1) is 19.3 Å². The van der Waals surface area contributed by atoms with Crippen molar-refractivity contribution < 1.29 is 36.6 Å². The van der Waals surface area contributed by atoms with Gasteiger partial charge in [-0.15, -0.1) is 0 Å². The smallest absolute Gasteiger partial charge is 0.422 e. The highest BCUT2D eigenvalue weighted by molar-refractivity contribution is 5.85. The van der Waals surface area contributed by atoms with E-state index in [2.05, 4.69) is 14.7 Å². The molecule has 0 aliphatic carbocycles. The average Bonchev–Trinajstić information content (AvgIpc) is 2.32. The summed E-state index contributed by atoms with van der Waals surface area (Å²) in [5, 5.41) is 8.71. The molecule has 0 atom stereocenters. The van der Waals surface area contributed by atoms with E-state index in [-0.39, 0.29) is 5.82 Å². The van der Waals surface area contributed by atoms with Gasteiger partial charge in [0.1, 0.15) is 0 Å². The predicted molar refractivity (Wildman–Crippen MR) is 57.7 cm³/mol. The minimum atomic E-state index is -4.68. The van der Waals surface area contributed by atoms with Crippen molar-refractivity contribution >= 4 is 11.8 Å². The van der Waals surface area contributed by atoms with Gasteiger partial charge >= 0.3 is 12.1 Å². The number of rotatable bonds is 4. The lowest BCUT2D eigenvalue weighted by Crippen LogP contribution is -2.56. The maximum absolute atomic E-state index is 12.8. The molecule has 1 fully saturated rings. The fourth-order valence-electron chi connectivity index (χ4n) is 1.59. The lowest BCUT2D eigenvalue weighted by atomic mass is 10.1. The van der Waals surface area contributed by atoms with Crippen LogP contribution in [0, 0.1) is 0 Å². The fourth-order valence-corrected chi connectivity index (χ4v) is 1.59. The van der Waals surface area contributed by atoms with E-state index in [0.717, 1.165) is 11.1 Å². The number of halogens is 5. The molecule has 11 heteroatoms. The monoisotopic (exact) mass is 313 g/mol. The van der Waals surface area contributed by atoms with Crippen LogP contribution in [-0.4, -0.2) is 52.8 Å². The molecule has 1 aromatic rings. The van der Waals surface area contributed by atoms with E-state index in [1.807, 2.05) is 0 Å². The molecule has 1 aromatic heterocycles. The van der Waals surface area contributed by atoms with Gasteiger partial charge in [-0.05, 0) is 0 Å². The Morgan fingerprint density at radius 3 is 2.52 bits per heavy atom. The number of hydrogen-bond acceptors (Lipinski definition) is 5. The van der Waals surface area contributed by atoms with Crippen LogP contribution in [0.3, 0.4) is 0 Å². The molecule has 1 aliphatic rings. The number of carboxylic acids is 1. The SMILES string of the molecule is O=C(O)c1cnc(N2CC(F)(F)C2)c(OCC(F)(F)F)n1. The van der Waals surface area contributed by atoms with E-state index in [9.17, 15) is 26.7 Å². The molecule has 2 rings (SSSR count). The second kappa shape index (κ2) is 4.97. The van der Waals surface area contributed by atoms with Gasteiger partial charge < -0.3 is 14.7 Å². The standard InChI is InChI=1S/C10H8F5N3O3/c11-9(12)2-18(3-9)6-7(21-4-10(13,14)15)17-5(1-16-6)8(19)20/h1H,2-4H2,(H,19,20). The normalized spacial score (nSPS) is 17.3. The molecule has 0 spiro atoms. The number of anilines is 1. The molecular formula is C10H8F5N3O3. The maximum atomic E-state index is 12.8. The molecule has 21 heavy (non-hydrogen) atoms. The molecule has 6 nitrogen and oxygen atoms in total. The first-order chi connectivity index (χ1) is 9.57. The van der Waals surface area contributed by atoms with E-state index in [4.69, 9.17) is 5.11 Å². The number of nitrogens with zero attached hydrogens (tertiary/aromatic N) is 3. The summed E-state index contributed by atoms with van der Waals surface area (Å²) in [5.74, 6) is -5.60. The zero-order valence-corrected chi connectivity index (χ0v) is 10.2. The molecule has 1 aliphatic heterocycles. The molecule has 0 radical (unpaired) electrons. The second-order valence-corrected chi connectivity index (χ2v) is 4.31. The first-order valence-electron chi connectivity index (χ1n) is 5.50. The first-order valence-corrected chi connectivity index (χ1v) is 5.50. The van der Waals surface area contributed by atoms with Gasteiger partial charge in [0.25, 0.3) is 11.8 Å². The van der Waals surface area contributed by atoms with Crippen molar-refractivity contribution in [1.29, 1.82) is 0 Å². The Morgan fingerprint density at radius 2 is 2.05 bits per heavy atom. The lowest BCUT2D eigenvalue weighted by Gasteiger charge is -2.39. The Kier molecular flexibility index (Phi) is 3.59. The van der Waals surface area contributed by atoms with Crippen LogP contribution in [0.15, 0.2) is 6.20 Å². The Hall–Kier alpha value is -2.20. The van der Waals surface area contributed by atoms with Crippen LogP contribution >= 0.6 is 0 Å². The van der Waals surface area contributed by atoms with Gasteiger partial charge in [-0.1, -0.05) is 0 Å². The lowest BCUT2D eigenvalue weighted by molar-refractivity contribution is -0.154. The molecule has 0 aromatic carbocycles. The summed E-state index contributed by atoms with van der Waals surface area (Å²) in [6, 6.07) is 0. The highest BCUT2D eigenvalue weighted by Gasteiger charge is 2.46. The third kappa shape index (κ3) is 3.67. The van der Waals surface area contributed by atoms with Gasteiger partial charge in [0.2, 0.25) is 0 Å². The highest BCUT2D eigenvalue weighted by Crippen LogP contribution is 2.35. The number of alkyl halides is 5. The van der Waals surface area contributed by atoms with Crippen LogP contribution in [0.2, 0.25) is 0 Å². The molecule has 1 saturated heterocycles. The van der Waals surface area contributed by atoms with Crippen LogP contribution in [0.4, 0.5) is 27.8 Å². The van der Waals surface area contributed by atoms with Crippen LogP contribution in [0.25, 0.3) is 0 Å². The molecule has 1 N–H and O–H groups in total. The van der Waals surface area contributed by atoms with Crippen LogP contribution in [0.1, 0.15) is 10.5 Å². The van der Waals surface area contributed by atoms with Crippen LogP contribution in [0.5, 0.6) is 5.88 Å². The Morgan fingerprint density at radius 1 is 1.43 bits per heavy atom. The topological polar surface area (TPSA) is 75.5 Å². The van der Waals surface area contributed by atoms with Gasteiger partial charge in [0.15, 0.2) is 18.1 Å². The summed E-state index contributed by atoms with van der Waals surface area (Å²) in [7, 11) is 0. The minimum Gasteiger partial charge on any atom is -0.476 e. The van der Waals surface area contributed by atoms with Crippen molar-refractivity contribution in [3.63, 3.8) is 0 Å². The number of ether oxygens (including phenoxy) is 1. The number of carboxylic acid groups (broad SMARTS) is 1. The Balaban J connectivity index is 2.24. The van der Waals surface area contributed by atoms with E-state index >= 15 is 0 Å². The quantitative estimate of drug-likeness (QED) is 0.851. The highest BCUT2D eigenvalue weighted by atomic mass is 19.4. The summed E-state index contributed by atoms with van der Waals surface area (Å²) in [6.07, 6.45) is -3.92. The van der Waals surface area contributed by atoms with E-state index in [1.54, 1.807) is 0 Å². The Bertz CT molecular complexity index is 555. The number of aromatic carboxylic acids is 1. The molecule has 0 unspecified atom stereocenters. The van der Waals surface area contributed by atoms with Crippen LogP contribution < -0.4 is 9.64 Å². The third-order valence-electron chi connectivity index (χ3n) is 2.46. The number of hydrogen-bond donors (Lipinski definition) is 1. The fraction of sp³-hybridized carbons (Fsp3) is 0.500. The summed E-state index contributed by atoms with van der Waals surface area (Å²) in [5.41, 5.74) is -0.650.